The van der Waals surface area contributed by atoms with Gasteiger partial charge in [-0.15, -0.1) is 5.10 Å². The van der Waals surface area contributed by atoms with Crippen LogP contribution < -0.4 is 10.6 Å². The quantitative estimate of drug-likeness (QED) is 0.702. The van der Waals surface area contributed by atoms with Crippen LogP contribution in [0.4, 0.5) is 10.6 Å². The van der Waals surface area contributed by atoms with E-state index in [9.17, 15) is 14.4 Å². The molecular weight excluding hydrogens is 370 g/mol. The third-order valence-corrected chi connectivity index (χ3v) is 4.88. The van der Waals surface area contributed by atoms with Crippen LogP contribution in [0, 0.1) is 0 Å². The van der Waals surface area contributed by atoms with Gasteiger partial charge in [0.1, 0.15) is 0 Å². The first-order valence-electron chi connectivity index (χ1n) is 10.0. The molecule has 8 nitrogen and oxygen atoms in total. The van der Waals surface area contributed by atoms with Crippen molar-refractivity contribution in [1.29, 1.82) is 0 Å². The van der Waals surface area contributed by atoms with Gasteiger partial charge in [0.05, 0.1) is 25.2 Å². The number of rotatable bonds is 7. The first kappa shape index (κ1) is 20.6. The molecule has 0 saturated heterocycles. The molecule has 1 aliphatic heterocycles. The number of carbonyl (C=O) groups excluding carboxylic acids is 3. The van der Waals surface area contributed by atoms with Crippen LogP contribution in [-0.4, -0.2) is 39.1 Å². The summed E-state index contributed by atoms with van der Waals surface area (Å²) in [5.74, 6) is -0.0249. The van der Waals surface area contributed by atoms with Gasteiger partial charge in [-0.05, 0) is 12.0 Å². The van der Waals surface area contributed by atoms with E-state index in [1.807, 2.05) is 30.3 Å². The topological polar surface area (TPSA) is 96.3 Å². The molecule has 3 amide bonds. The number of aromatic nitrogens is 2. The van der Waals surface area contributed by atoms with E-state index in [1.54, 1.807) is 11.8 Å². The molecular formula is C21H27N5O3. The van der Waals surface area contributed by atoms with E-state index in [0.29, 0.717) is 31.1 Å². The molecule has 2 heterocycles. The van der Waals surface area contributed by atoms with Crippen molar-refractivity contribution >= 4 is 23.7 Å². The van der Waals surface area contributed by atoms with Gasteiger partial charge in [0.25, 0.3) is 0 Å². The smallest absolute Gasteiger partial charge is 0.318 e. The fourth-order valence-corrected chi connectivity index (χ4v) is 3.28. The number of benzene rings is 1. The van der Waals surface area contributed by atoms with Crippen LogP contribution in [0.15, 0.2) is 30.3 Å². The van der Waals surface area contributed by atoms with E-state index in [-0.39, 0.29) is 30.7 Å². The number of urea groups is 1. The summed E-state index contributed by atoms with van der Waals surface area (Å²) >= 11 is 0. The molecule has 0 saturated carbocycles. The van der Waals surface area contributed by atoms with Crippen LogP contribution in [0.5, 0.6) is 0 Å². The Labute approximate surface area is 170 Å². The van der Waals surface area contributed by atoms with Crippen molar-refractivity contribution in [3.05, 3.63) is 47.2 Å². The maximum Gasteiger partial charge on any atom is 0.318 e. The zero-order valence-corrected chi connectivity index (χ0v) is 16.9. The van der Waals surface area contributed by atoms with Gasteiger partial charge in [0.15, 0.2) is 5.82 Å². The fraction of sp³-hybridized carbons (Fsp3) is 0.429. The minimum atomic E-state index is -0.210. The molecule has 2 N–H and O–H groups in total. The van der Waals surface area contributed by atoms with Crippen LogP contribution >= 0.6 is 0 Å². The van der Waals surface area contributed by atoms with Crippen LogP contribution in [0.25, 0.3) is 0 Å². The molecule has 154 valence electrons. The second-order valence-electron chi connectivity index (χ2n) is 7.09. The Morgan fingerprint density at radius 2 is 1.86 bits per heavy atom. The van der Waals surface area contributed by atoms with Crippen LogP contribution in [0.1, 0.15) is 54.7 Å². The van der Waals surface area contributed by atoms with E-state index < -0.39 is 0 Å². The standard InChI is InChI=1S/C21H27N5O3/c1-3-5-11-22-21(29)25-13-16-17(14-25)26(19(28)4-2)24-20(16)23-18(27)12-15-9-7-6-8-10-15/h6-10H,3-5,11-14H2,1-2H3,(H,22,29)(H,23,24,27). The minimum Gasteiger partial charge on any atom is -0.338 e. The highest BCUT2D eigenvalue weighted by Gasteiger charge is 2.32. The van der Waals surface area contributed by atoms with E-state index in [2.05, 4.69) is 22.7 Å². The van der Waals surface area contributed by atoms with Crippen molar-refractivity contribution in [3.63, 3.8) is 0 Å². The Balaban J connectivity index is 1.75. The van der Waals surface area contributed by atoms with Crippen LogP contribution in [0.3, 0.4) is 0 Å². The van der Waals surface area contributed by atoms with Crippen molar-refractivity contribution < 1.29 is 14.4 Å². The summed E-state index contributed by atoms with van der Waals surface area (Å²) in [6, 6.07) is 9.24. The molecule has 2 aromatic rings. The first-order chi connectivity index (χ1) is 14.0. The number of carbonyl (C=O) groups is 3. The molecule has 3 rings (SSSR count). The molecule has 0 unspecified atom stereocenters. The highest BCUT2D eigenvalue weighted by Crippen LogP contribution is 2.29. The van der Waals surface area contributed by atoms with E-state index >= 15 is 0 Å². The molecule has 0 bridgehead atoms. The molecule has 0 radical (unpaired) electrons. The largest absolute Gasteiger partial charge is 0.338 e. The number of anilines is 1. The Morgan fingerprint density at radius 1 is 1.10 bits per heavy atom. The molecule has 0 atom stereocenters. The second-order valence-corrected chi connectivity index (χ2v) is 7.09. The molecule has 0 spiro atoms. The summed E-state index contributed by atoms with van der Waals surface area (Å²) in [6.07, 6.45) is 2.41. The predicted molar refractivity (Wildman–Crippen MR) is 109 cm³/mol. The average molecular weight is 397 g/mol. The number of nitrogens with zero attached hydrogens (tertiary/aromatic N) is 3. The highest BCUT2D eigenvalue weighted by atomic mass is 16.2. The van der Waals surface area contributed by atoms with Crippen LogP contribution in [0.2, 0.25) is 0 Å². The lowest BCUT2D eigenvalue weighted by atomic mass is 10.1. The number of fused-ring (bicyclic) bond motifs is 1. The Kier molecular flexibility index (Phi) is 6.64. The number of nitrogens with one attached hydrogen (secondary N) is 2. The van der Waals surface area contributed by atoms with Gasteiger partial charge in [-0.3, -0.25) is 9.59 Å². The molecule has 0 aliphatic carbocycles. The van der Waals surface area contributed by atoms with E-state index in [0.717, 1.165) is 24.0 Å². The van der Waals surface area contributed by atoms with Gasteiger partial charge in [0, 0.05) is 18.5 Å². The van der Waals surface area contributed by atoms with Gasteiger partial charge in [-0.1, -0.05) is 50.6 Å². The first-order valence-corrected chi connectivity index (χ1v) is 10.0. The zero-order chi connectivity index (χ0) is 20.8. The van der Waals surface area contributed by atoms with Gasteiger partial charge in [0.2, 0.25) is 11.8 Å². The number of hydrogen-bond donors (Lipinski definition) is 2. The highest BCUT2D eigenvalue weighted by molar-refractivity contribution is 5.93. The van der Waals surface area contributed by atoms with E-state index in [4.69, 9.17) is 0 Å². The summed E-state index contributed by atoms with van der Waals surface area (Å²) in [7, 11) is 0. The maximum atomic E-state index is 12.5. The van der Waals surface area contributed by atoms with Gasteiger partial charge < -0.3 is 15.5 Å². The molecule has 29 heavy (non-hydrogen) atoms. The van der Waals surface area contributed by atoms with Gasteiger partial charge in [-0.2, -0.15) is 0 Å². The summed E-state index contributed by atoms with van der Waals surface area (Å²) in [5.41, 5.74) is 2.28. The molecule has 1 aromatic carbocycles. The summed E-state index contributed by atoms with van der Waals surface area (Å²) in [4.78, 5) is 38.9. The minimum absolute atomic E-state index is 0.168. The van der Waals surface area contributed by atoms with Crippen molar-refractivity contribution in [2.45, 2.75) is 52.6 Å². The molecule has 8 heteroatoms. The fourth-order valence-electron chi connectivity index (χ4n) is 3.28. The van der Waals surface area contributed by atoms with E-state index in [1.165, 1.54) is 4.68 Å². The van der Waals surface area contributed by atoms with Crippen LogP contribution in [-0.2, 0) is 24.3 Å². The van der Waals surface area contributed by atoms with Crippen molar-refractivity contribution in [3.8, 4) is 0 Å². The zero-order valence-electron chi connectivity index (χ0n) is 16.9. The lowest BCUT2D eigenvalue weighted by molar-refractivity contribution is -0.115. The van der Waals surface area contributed by atoms with Crippen molar-refractivity contribution in [1.82, 2.24) is 20.0 Å². The SMILES string of the molecule is CCCCNC(=O)N1Cc2c(NC(=O)Cc3ccccc3)nn(C(=O)CC)c2C1. The normalized spacial score (nSPS) is 12.6. The summed E-state index contributed by atoms with van der Waals surface area (Å²) in [5, 5.41) is 10.0. The predicted octanol–water partition coefficient (Wildman–Crippen LogP) is 2.94. The average Bonchev–Trinajstić information content (AvgIpc) is 3.29. The number of unbranched alkanes of at least 4 members (excludes halogenated alkanes) is 1. The Hall–Kier alpha value is -3.16. The van der Waals surface area contributed by atoms with Gasteiger partial charge in [-0.25, -0.2) is 9.48 Å². The molecule has 1 aromatic heterocycles. The summed E-state index contributed by atoms with van der Waals surface area (Å²) < 4.78 is 1.33. The van der Waals surface area contributed by atoms with Crippen molar-refractivity contribution in [2.75, 3.05) is 11.9 Å². The lowest BCUT2D eigenvalue weighted by Gasteiger charge is -2.17. The third-order valence-electron chi connectivity index (χ3n) is 4.88. The van der Waals surface area contributed by atoms with Crippen molar-refractivity contribution in [2.24, 2.45) is 0 Å². The van der Waals surface area contributed by atoms with Gasteiger partial charge >= 0.3 is 6.03 Å². The maximum absolute atomic E-state index is 12.5. The number of hydrogen-bond acceptors (Lipinski definition) is 4. The Morgan fingerprint density at radius 3 is 2.55 bits per heavy atom. The summed E-state index contributed by atoms with van der Waals surface area (Å²) in [6.45, 7) is 5.04. The molecule has 1 aliphatic rings. The second kappa shape index (κ2) is 9.36. The third kappa shape index (κ3) is 4.82. The number of amides is 3. The molecule has 0 fully saturated rings. The lowest BCUT2D eigenvalue weighted by Crippen LogP contribution is -2.37. The monoisotopic (exact) mass is 397 g/mol. The Bertz CT molecular complexity index is 891.